The highest BCUT2D eigenvalue weighted by atomic mass is 35.5. The second kappa shape index (κ2) is 11.6. The van der Waals surface area contributed by atoms with Gasteiger partial charge >= 0.3 is 0 Å². The third-order valence-corrected chi connectivity index (χ3v) is 7.09. The Morgan fingerprint density at radius 3 is 2.80 bits per heavy atom. The molecule has 0 spiro atoms. The van der Waals surface area contributed by atoms with Crippen molar-refractivity contribution in [1.29, 1.82) is 0 Å². The molecule has 1 aliphatic rings. The van der Waals surface area contributed by atoms with Gasteiger partial charge in [0.15, 0.2) is 0 Å². The summed E-state index contributed by atoms with van der Waals surface area (Å²) < 4.78 is 14.1. The van der Waals surface area contributed by atoms with Gasteiger partial charge in [-0.1, -0.05) is 46.9 Å². The topological polar surface area (TPSA) is 32.3 Å². The zero-order chi connectivity index (χ0) is 21.5. The molecule has 1 aliphatic heterocycles. The molecule has 0 aromatic heterocycles. The van der Waals surface area contributed by atoms with Crippen LogP contribution in [0.2, 0.25) is 15.1 Å². The molecular weight excluding hydrogens is 466 g/mol. The lowest BCUT2D eigenvalue weighted by molar-refractivity contribution is -0.126. The van der Waals surface area contributed by atoms with Gasteiger partial charge in [0.1, 0.15) is 5.82 Å². The molecule has 1 amide bonds. The van der Waals surface area contributed by atoms with E-state index in [-0.39, 0.29) is 17.6 Å². The van der Waals surface area contributed by atoms with Gasteiger partial charge in [-0.3, -0.25) is 9.69 Å². The van der Waals surface area contributed by atoms with Crippen LogP contribution in [-0.2, 0) is 17.1 Å². The van der Waals surface area contributed by atoms with E-state index in [1.165, 1.54) is 6.07 Å². The first-order chi connectivity index (χ1) is 14.4. The predicted molar refractivity (Wildman–Crippen MR) is 125 cm³/mol. The number of piperidine rings is 1. The van der Waals surface area contributed by atoms with E-state index in [0.717, 1.165) is 36.5 Å². The molecule has 1 heterocycles. The Morgan fingerprint density at radius 1 is 1.20 bits per heavy atom. The second-order valence-electron chi connectivity index (χ2n) is 7.35. The number of rotatable bonds is 8. The Bertz CT molecular complexity index is 863. The highest BCUT2D eigenvalue weighted by Gasteiger charge is 2.26. The predicted octanol–water partition coefficient (Wildman–Crippen LogP) is 6.05. The van der Waals surface area contributed by atoms with Crippen molar-refractivity contribution in [3.8, 4) is 0 Å². The summed E-state index contributed by atoms with van der Waals surface area (Å²) >= 11 is 20.0. The minimum absolute atomic E-state index is 0.0597. The number of carbonyl (C=O) groups is 1. The number of nitrogens with one attached hydrogen (secondary N) is 1. The van der Waals surface area contributed by atoms with Gasteiger partial charge in [-0.05, 0) is 49.2 Å². The summed E-state index contributed by atoms with van der Waals surface area (Å²) in [4.78, 5) is 14.7. The molecule has 3 rings (SSSR count). The number of thioether (sulfide) groups is 1. The SMILES string of the molecule is O=C(NCCSCc1ccc(Cl)cc1Cl)C1CCCN(Cc2c(F)cccc2Cl)C1. The van der Waals surface area contributed by atoms with Crippen LogP contribution >= 0.6 is 46.6 Å². The van der Waals surface area contributed by atoms with Crippen molar-refractivity contribution < 1.29 is 9.18 Å². The molecular formula is C22H24Cl3FN2OS. The molecule has 1 fully saturated rings. The third kappa shape index (κ3) is 6.76. The molecule has 162 valence electrons. The number of halogens is 4. The number of hydrogen-bond acceptors (Lipinski definition) is 3. The number of carbonyl (C=O) groups excluding carboxylic acids is 1. The quantitative estimate of drug-likeness (QED) is 0.458. The normalized spacial score (nSPS) is 17.1. The van der Waals surface area contributed by atoms with Gasteiger partial charge in [-0.15, -0.1) is 0 Å². The largest absolute Gasteiger partial charge is 0.355 e. The number of amides is 1. The molecule has 0 saturated carbocycles. The van der Waals surface area contributed by atoms with Crippen molar-refractivity contribution in [1.82, 2.24) is 10.2 Å². The Balaban J connectivity index is 1.41. The highest BCUT2D eigenvalue weighted by Crippen LogP contribution is 2.26. The maximum atomic E-state index is 14.1. The lowest BCUT2D eigenvalue weighted by atomic mass is 9.96. The molecule has 2 aromatic carbocycles. The van der Waals surface area contributed by atoms with E-state index < -0.39 is 0 Å². The van der Waals surface area contributed by atoms with Crippen LogP contribution in [0.25, 0.3) is 0 Å². The highest BCUT2D eigenvalue weighted by molar-refractivity contribution is 7.98. The van der Waals surface area contributed by atoms with Gasteiger partial charge in [0.05, 0.1) is 5.92 Å². The van der Waals surface area contributed by atoms with Crippen LogP contribution in [0.4, 0.5) is 4.39 Å². The molecule has 0 aliphatic carbocycles. The first kappa shape index (κ1) is 23.7. The minimum Gasteiger partial charge on any atom is -0.355 e. The van der Waals surface area contributed by atoms with Gasteiger partial charge in [0, 0.05) is 51.8 Å². The summed E-state index contributed by atoms with van der Waals surface area (Å²) in [5, 5.41) is 4.75. The standard InChI is InChI=1S/C22H24Cl3FN2OS/c23-17-7-6-16(20(25)11-17)14-30-10-8-27-22(29)15-3-2-9-28(12-15)13-18-19(24)4-1-5-21(18)26/h1,4-7,11,15H,2-3,8-10,12-14H2,(H,27,29). The van der Waals surface area contributed by atoms with Crippen LogP contribution in [0.1, 0.15) is 24.0 Å². The van der Waals surface area contributed by atoms with Gasteiger partial charge < -0.3 is 5.32 Å². The summed E-state index contributed by atoms with van der Waals surface area (Å²) in [6.07, 6.45) is 1.76. The molecule has 1 atom stereocenters. The average Bonchev–Trinajstić information content (AvgIpc) is 2.72. The maximum Gasteiger partial charge on any atom is 0.224 e. The number of benzene rings is 2. The van der Waals surface area contributed by atoms with Gasteiger partial charge in [-0.25, -0.2) is 4.39 Å². The average molecular weight is 490 g/mol. The van der Waals surface area contributed by atoms with Crippen molar-refractivity contribution in [2.75, 3.05) is 25.4 Å². The number of nitrogens with zero attached hydrogens (tertiary/aromatic N) is 1. The molecule has 30 heavy (non-hydrogen) atoms. The van der Waals surface area contributed by atoms with E-state index in [9.17, 15) is 9.18 Å². The number of likely N-dealkylation sites (tertiary alicyclic amines) is 1. The fourth-order valence-electron chi connectivity index (χ4n) is 3.53. The van der Waals surface area contributed by atoms with Crippen molar-refractivity contribution in [2.45, 2.75) is 25.1 Å². The van der Waals surface area contributed by atoms with E-state index in [1.807, 2.05) is 12.1 Å². The number of hydrogen-bond donors (Lipinski definition) is 1. The van der Waals surface area contributed by atoms with Crippen LogP contribution in [-0.4, -0.2) is 36.2 Å². The Hall–Kier alpha value is -0.980. The van der Waals surface area contributed by atoms with Crippen LogP contribution in [0.15, 0.2) is 36.4 Å². The summed E-state index contributed by atoms with van der Waals surface area (Å²) in [7, 11) is 0. The zero-order valence-corrected chi connectivity index (χ0v) is 19.6. The molecule has 1 unspecified atom stereocenters. The summed E-state index contributed by atoms with van der Waals surface area (Å²) in [5.74, 6) is 1.25. The van der Waals surface area contributed by atoms with E-state index in [2.05, 4.69) is 10.2 Å². The van der Waals surface area contributed by atoms with E-state index in [1.54, 1.807) is 30.0 Å². The van der Waals surface area contributed by atoms with Crippen molar-refractivity contribution in [2.24, 2.45) is 5.92 Å². The second-order valence-corrected chi connectivity index (χ2v) is 9.71. The van der Waals surface area contributed by atoms with E-state index in [0.29, 0.717) is 40.3 Å². The first-order valence-corrected chi connectivity index (χ1v) is 12.2. The smallest absolute Gasteiger partial charge is 0.224 e. The molecule has 0 radical (unpaired) electrons. The molecule has 3 nitrogen and oxygen atoms in total. The van der Waals surface area contributed by atoms with Crippen LogP contribution in [0.5, 0.6) is 0 Å². The maximum absolute atomic E-state index is 14.1. The lowest BCUT2D eigenvalue weighted by Gasteiger charge is -2.32. The fraction of sp³-hybridized carbons (Fsp3) is 0.409. The molecule has 1 saturated heterocycles. The zero-order valence-electron chi connectivity index (χ0n) is 16.5. The van der Waals surface area contributed by atoms with E-state index in [4.69, 9.17) is 34.8 Å². The van der Waals surface area contributed by atoms with Crippen molar-refractivity contribution in [3.63, 3.8) is 0 Å². The van der Waals surface area contributed by atoms with Crippen molar-refractivity contribution >= 4 is 52.5 Å². The molecule has 8 heteroatoms. The minimum atomic E-state index is -0.299. The summed E-state index contributed by atoms with van der Waals surface area (Å²) in [6, 6.07) is 10.2. The molecule has 0 bridgehead atoms. The monoisotopic (exact) mass is 488 g/mol. The lowest BCUT2D eigenvalue weighted by Crippen LogP contribution is -2.43. The van der Waals surface area contributed by atoms with Crippen LogP contribution in [0.3, 0.4) is 0 Å². The Labute approximate surface area is 196 Å². The van der Waals surface area contributed by atoms with Gasteiger partial charge in [0.25, 0.3) is 0 Å². The Kier molecular flexibility index (Phi) is 9.14. The van der Waals surface area contributed by atoms with Crippen LogP contribution < -0.4 is 5.32 Å². The first-order valence-electron chi connectivity index (χ1n) is 9.88. The third-order valence-electron chi connectivity index (χ3n) is 5.14. The molecule has 2 aromatic rings. The van der Waals surface area contributed by atoms with E-state index >= 15 is 0 Å². The van der Waals surface area contributed by atoms with Gasteiger partial charge in [-0.2, -0.15) is 11.8 Å². The van der Waals surface area contributed by atoms with Crippen LogP contribution in [0, 0.1) is 11.7 Å². The fourth-order valence-corrected chi connectivity index (χ4v) is 5.17. The summed E-state index contributed by atoms with van der Waals surface area (Å²) in [6.45, 7) is 2.48. The van der Waals surface area contributed by atoms with Gasteiger partial charge in [0.2, 0.25) is 5.91 Å². The molecule has 1 N–H and O–H groups in total. The Morgan fingerprint density at radius 2 is 2.03 bits per heavy atom. The summed E-state index contributed by atoms with van der Waals surface area (Å²) in [5.41, 5.74) is 1.53. The van der Waals surface area contributed by atoms with Crippen molar-refractivity contribution in [3.05, 3.63) is 68.4 Å².